The number of ether oxygens (including phenoxy) is 1. The summed E-state index contributed by atoms with van der Waals surface area (Å²) in [5, 5.41) is 0. The van der Waals surface area contributed by atoms with Gasteiger partial charge in [-0.05, 0) is 37.1 Å². The van der Waals surface area contributed by atoms with E-state index in [1.807, 2.05) is 29.2 Å². The van der Waals surface area contributed by atoms with Gasteiger partial charge in [0, 0.05) is 36.3 Å². The number of halogens is 2. The zero-order valence-corrected chi connectivity index (χ0v) is 13.8. The highest BCUT2D eigenvalue weighted by Crippen LogP contribution is 2.22. The third kappa shape index (κ3) is 3.95. The molecule has 4 nitrogen and oxygen atoms in total. The number of likely N-dealkylation sites (tertiary alicyclic amines) is 1. The summed E-state index contributed by atoms with van der Waals surface area (Å²) in [6.07, 6.45) is 1.90. The topological polar surface area (TPSA) is 55.6 Å². The molecule has 0 saturated carbocycles. The number of amides is 1. The summed E-state index contributed by atoms with van der Waals surface area (Å²) in [5.41, 5.74) is 6.50. The van der Waals surface area contributed by atoms with Gasteiger partial charge in [-0.2, -0.15) is 0 Å². The molecule has 112 valence electrons. The van der Waals surface area contributed by atoms with E-state index in [1.54, 1.807) is 7.11 Å². The summed E-state index contributed by atoms with van der Waals surface area (Å²) in [5.74, 6) is 0.0532. The van der Waals surface area contributed by atoms with Crippen LogP contribution in [0.5, 0.6) is 0 Å². The van der Waals surface area contributed by atoms with Gasteiger partial charge >= 0.3 is 0 Å². The molecule has 2 N–H and O–H groups in total. The van der Waals surface area contributed by atoms with Crippen molar-refractivity contribution in [2.75, 3.05) is 20.2 Å². The zero-order chi connectivity index (χ0) is 13.8. The standard InChI is InChI=1S/C14H19BrN2O2.ClH/c1-19-13-6-7-17(12(8-13)9-16)14(18)10-2-4-11(15)5-3-10;/h2-5,12-13H,6-9,16H2,1H3;1H. The van der Waals surface area contributed by atoms with Crippen LogP contribution in [0.3, 0.4) is 0 Å². The fourth-order valence-corrected chi connectivity index (χ4v) is 2.74. The Bertz CT molecular complexity index is 441. The van der Waals surface area contributed by atoms with Crippen molar-refractivity contribution in [3.63, 3.8) is 0 Å². The minimum absolute atomic E-state index is 0. The van der Waals surface area contributed by atoms with Gasteiger partial charge in [0.1, 0.15) is 0 Å². The number of rotatable bonds is 3. The average molecular weight is 364 g/mol. The molecule has 1 heterocycles. The first kappa shape index (κ1) is 17.4. The Balaban J connectivity index is 0.00000200. The third-order valence-corrected chi connectivity index (χ3v) is 4.15. The van der Waals surface area contributed by atoms with Crippen molar-refractivity contribution >= 4 is 34.2 Å². The van der Waals surface area contributed by atoms with Gasteiger partial charge in [0.05, 0.1) is 6.10 Å². The molecular formula is C14H20BrClN2O2. The molecule has 1 aliphatic rings. The lowest BCUT2D eigenvalue weighted by atomic mass is 9.98. The highest BCUT2D eigenvalue weighted by molar-refractivity contribution is 9.10. The Kier molecular flexibility index (Phi) is 6.95. The summed E-state index contributed by atoms with van der Waals surface area (Å²) in [4.78, 5) is 14.4. The predicted octanol–water partition coefficient (Wildman–Crippen LogP) is 2.45. The van der Waals surface area contributed by atoms with E-state index in [0.29, 0.717) is 18.7 Å². The second-order valence-corrected chi connectivity index (χ2v) is 5.69. The molecule has 1 saturated heterocycles. The number of carbonyl (C=O) groups excluding carboxylic acids is 1. The summed E-state index contributed by atoms with van der Waals surface area (Å²) < 4.78 is 6.34. The first-order valence-corrected chi connectivity index (χ1v) is 7.24. The molecular weight excluding hydrogens is 344 g/mol. The molecule has 1 aromatic carbocycles. The van der Waals surface area contributed by atoms with Crippen LogP contribution in [0, 0.1) is 0 Å². The number of hydrogen-bond acceptors (Lipinski definition) is 3. The minimum atomic E-state index is 0. The Morgan fingerprint density at radius 2 is 2.10 bits per heavy atom. The molecule has 1 aromatic rings. The molecule has 20 heavy (non-hydrogen) atoms. The van der Waals surface area contributed by atoms with E-state index >= 15 is 0 Å². The van der Waals surface area contributed by atoms with Gasteiger partial charge in [-0.1, -0.05) is 15.9 Å². The Labute approximate surface area is 134 Å². The van der Waals surface area contributed by atoms with E-state index < -0.39 is 0 Å². The first-order valence-electron chi connectivity index (χ1n) is 6.45. The molecule has 0 aliphatic carbocycles. The molecule has 0 radical (unpaired) electrons. The fourth-order valence-electron chi connectivity index (χ4n) is 2.48. The van der Waals surface area contributed by atoms with Crippen LogP contribution in [-0.4, -0.2) is 43.2 Å². The van der Waals surface area contributed by atoms with Crippen LogP contribution in [-0.2, 0) is 4.74 Å². The van der Waals surface area contributed by atoms with Crippen molar-refractivity contribution < 1.29 is 9.53 Å². The summed E-state index contributed by atoms with van der Waals surface area (Å²) in [7, 11) is 1.71. The van der Waals surface area contributed by atoms with Crippen LogP contribution in [0.15, 0.2) is 28.7 Å². The quantitative estimate of drug-likeness (QED) is 0.897. The van der Waals surface area contributed by atoms with Crippen molar-refractivity contribution in [1.29, 1.82) is 0 Å². The summed E-state index contributed by atoms with van der Waals surface area (Å²) >= 11 is 3.37. The maximum Gasteiger partial charge on any atom is 0.254 e. The minimum Gasteiger partial charge on any atom is -0.381 e. The van der Waals surface area contributed by atoms with E-state index in [2.05, 4.69) is 15.9 Å². The molecule has 1 aliphatic heterocycles. The van der Waals surface area contributed by atoms with Crippen molar-refractivity contribution in [3.05, 3.63) is 34.3 Å². The summed E-state index contributed by atoms with van der Waals surface area (Å²) in [6.45, 7) is 1.18. The van der Waals surface area contributed by atoms with Crippen molar-refractivity contribution in [1.82, 2.24) is 4.90 Å². The zero-order valence-electron chi connectivity index (χ0n) is 11.4. The van der Waals surface area contributed by atoms with Crippen LogP contribution in [0.1, 0.15) is 23.2 Å². The predicted molar refractivity (Wildman–Crippen MR) is 85.3 cm³/mol. The lowest BCUT2D eigenvalue weighted by Gasteiger charge is -2.38. The van der Waals surface area contributed by atoms with Crippen LogP contribution >= 0.6 is 28.3 Å². The number of benzene rings is 1. The molecule has 6 heteroatoms. The van der Waals surface area contributed by atoms with Gasteiger partial charge < -0.3 is 15.4 Å². The molecule has 2 atom stereocenters. The van der Waals surface area contributed by atoms with Crippen molar-refractivity contribution in [3.8, 4) is 0 Å². The van der Waals surface area contributed by atoms with Crippen LogP contribution in [0.2, 0.25) is 0 Å². The lowest BCUT2D eigenvalue weighted by Crippen LogP contribution is -2.51. The molecule has 0 bridgehead atoms. The van der Waals surface area contributed by atoms with Gasteiger partial charge in [-0.3, -0.25) is 4.79 Å². The monoisotopic (exact) mass is 362 g/mol. The van der Waals surface area contributed by atoms with Crippen molar-refractivity contribution in [2.45, 2.75) is 25.0 Å². The molecule has 0 spiro atoms. The van der Waals surface area contributed by atoms with Gasteiger partial charge in [-0.15, -0.1) is 12.4 Å². The maximum absolute atomic E-state index is 12.5. The number of hydrogen-bond donors (Lipinski definition) is 1. The van der Waals surface area contributed by atoms with Gasteiger partial charge in [0.15, 0.2) is 0 Å². The van der Waals surface area contributed by atoms with E-state index in [-0.39, 0.29) is 30.5 Å². The fraction of sp³-hybridized carbons (Fsp3) is 0.500. The summed E-state index contributed by atoms with van der Waals surface area (Å²) in [6, 6.07) is 7.50. The second kappa shape index (κ2) is 7.98. The first-order chi connectivity index (χ1) is 9.15. The molecule has 0 aromatic heterocycles. The van der Waals surface area contributed by atoms with Gasteiger partial charge in [0.25, 0.3) is 5.91 Å². The third-order valence-electron chi connectivity index (χ3n) is 3.63. The number of piperidine rings is 1. The molecule has 1 amide bonds. The average Bonchev–Trinajstić information content (AvgIpc) is 2.46. The van der Waals surface area contributed by atoms with Gasteiger partial charge in [0.2, 0.25) is 0 Å². The number of nitrogens with two attached hydrogens (primary N) is 1. The number of carbonyl (C=O) groups is 1. The van der Waals surface area contributed by atoms with Crippen molar-refractivity contribution in [2.24, 2.45) is 5.73 Å². The Hall–Kier alpha value is -0.620. The molecule has 2 unspecified atom stereocenters. The van der Waals surface area contributed by atoms with E-state index in [0.717, 1.165) is 17.3 Å². The largest absolute Gasteiger partial charge is 0.381 e. The van der Waals surface area contributed by atoms with E-state index in [4.69, 9.17) is 10.5 Å². The number of nitrogens with zero attached hydrogens (tertiary/aromatic N) is 1. The van der Waals surface area contributed by atoms with Crippen LogP contribution in [0.25, 0.3) is 0 Å². The SMILES string of the molecule is COC1CCN(C(=O)c2ccc(Br)cc2)C(CN)C1.Cl. The number of methoxy groups -OCH3 is 1. The van der Waals surface area contributed by atoms with E-state index in [1.165, 1.54) is 0 Å². The lowest BCUT2D eigenvalue weighted by molar-refractivity contribution is 0.0139. The highest BCUT2D eigenvalue weighted by atomic mass is 79.9. The smallest absolute Gasteiger partial charge is 0.254 e. The van der Waals surface area contributed by atoms with Crippen LogP contribution < -0.4 is 5.73 Å². The second-order valence-electron chi connectivity index (χ2n) is 4.78. The Morgan fingerprint density at radius 1 is 1.45 bits per heavy atom. The highest BCUT2D eigenvalue weighted by Gasteiger charge is 2.31. The maximum atomic E-state index is 12.5. The molecule has 1 fully saturated rings. The normalized spacial score (nSPS) is 22.2. The van der Waals surface area contributed by atoms with Gasteiger partial charge in [-0.25, -0.2) is 0 Å². The van der Waals surface area contributed by atoms with Crippen LogP contribution in [0.4, 0.5) is 0 Å². The molecule has 2 rings (SSSR count). The Morgan fingerprint density at radius 3 is 2.65 bits per heavy atom. The van der Waals surface area contributed by atoms with E-state index in [9.17, 15) is 4.79 Å².